The van der Waals surface area contributed by atoms with Gasteiger partial charge in [-0.3, -0.25) is 13.9 Å². The van der Waals surface area contributed by atoms with E-state index in [-0.39, 0.29) is 23.4 Å². The summed E-state index contributed by atoms with van der Waals surface area (Å²) in [5.74, 6) is -0.822. The number of hydrogen-bond donors (Lipinski definition) is 1. The first-order chi connectivity index (χ1) is 18.0. The number of para-hydroxylation sites is 1. The molecule has 3 aromatic rings. The summed E-state index contributed by atoms with van der Waals surface area (Å²) < 4.78 is 29.4. The fourth-order valence-corrected chi connectivity index (χ4v) is 5.50. The molecule has 2 atom stereocenters. The minimum Gasteiger partial charge on any atom is -0.352 e. The SMILES string of the molecule is CC[C@H](C)NC(=O)[C@@H](C)N(Cc1ccc(Br)cc1)C(=O)CN(c1ccccc1)S(=O)(=O)c1ccc(Cl)cc1. The molecule has 0 aliphatic carbocycles. The highest BCUT2D eigenvalue weighted by Gasteiger charge is 2.32. The molecule has 38 heavy (non-hydrogen) atoms. The Morgan fingerprint density at radius 1 is 0.947 bits per heavy atom. The molecule has 0 aliphatic heterocycles. The molecule has 2 amide bonds. The van der Waals surface area contributed by atoms with Gasteiger partial charge in [0.25, 0.3) is 10.0 Å². The van der Waals surface area contributed by atoms with Crippen molar-refractivity contribution in [2.45, 2.75) is 50.7 Å². The van der Waals surface area contributed by atoms with Gasteiger partial charge in [-0.15, -0.1) is 0 Å². The molecule has 0 bridgehead atoms. The molecule has 0 heterocycles. The lowest BCUT2D eigenvalue weighted by Gasteiger charge is -2.32. The lowest BCUT2D eigenvalue weighted by atomic mass is 10.1. The van der Waals surface area contributed by atoms with Crippen molar-refractivity contribution in [1.82, 2.24) is 10.2 Å². The minimum absolute atomic E-state index is 0.000532. The third-order valence-corrected chi connectivity index (χ3v) is 8.73. The Kier molecular flexibility index (Phi) is 10.4. The van der Waals surface area contributed by atoms with Gasteiger partial charge in [0.15, 0.2) is 0 Å². The van der Waals surface area contributed by atoms with Crippen LogP contribution in [0.15, 0.2) is 88.2 Å². The summed E-state index contributed by atoms with van der Waals surface area (Å²) in [6.45, 7) is 5.13. The number of halogens is 2. The molecule has 0 saturated carbocycles. The Bertz CT molecular complexity index is 1340. The van der Waals surface area contributed by atoms with Crippen LogP contribution >= 0.6 is 27.5 Å². The van der Waals surface area contributed by atoms with E-state index in [2.05, 4.69) is 21.2 Å². The molecule has 0 aliphatic rings. The molecule has 202 valence electrons. The molecule has 10 heteroatoms. The molecule has 0 unspecified atom stereocenters. The Balaban J connectivity index is 1.99. The Morgan fingerprint density at radius 2 is 1.55 bits per heavy atom. The van der Waals surface area contributed by atoms with Gasteiger partial charge in [0, 0.05) is 22.1 Å². The quantitative estimate of drug-likeness (QED) is 0.301. The summed E-state index contributed by atoms with van der Waals surface area (Å²) in [6, 6.07) is 20.7. The predicted molar refractivity (Wildman–Crippen MR) is 154 cm³/mol. The van der Waals surface area contributed by atoms with Crippen molar-refractivity contribution in [1.29, 1.82) is 0 Å². The first-order valence-corrected chi connectivity index (χ1v) is 14.8. The normalized spacial score (nSPS) is 12.9. The van der Waals surface area contributed by atoms with E-state index < -0.39 is 28.5 Å². The number of carbonyl (C=O) groups is 2. The molecule has 3 aromatic carbocycles. The smallest absolute Gasteiger partial charge is 0.264 e. The summed E-state index contributed by atoms with van der Waals surface area (Å²) in [4.78, 5) is 28.3. The number of anilines is 1. The van der Waals surface area contributed by atoms with Crippen molar-refractivity contribution >= 4 is 55.1 Å². The van der Waals surface area contributed by atoms with Crippen LogP contribution in [0.5, 0.6) is 0 Å². The zero-order chi connectivity index (χ0) is 27.9. The summed E-state index contributed by atoms with van der Waals surface area (Å²) >= 11 is 9.38. The first kappa shape index (κ1) is 29.7. The van der Waals surface area contributed by atoms with Crippen LogP contribution in [0.4, 0.5) is 5.69 Å². The molecule has 3 rings (SSSR count). The van der Waals surface area contributed by atoms with Gasteiger partial charge >= 0.3 is 0 Å². The monoisotopic (exact) mass is 619 g/mol. The van der Waals surface area contributed by atoms with E-state index in [0.29, 0.717) is 10.7 Å². The molecule has 0 spiro atoms. The highest BCUT2D eigenvalue weighted by molar-refractivity contribution is 9.10. The van der Waals surface area contributed by atoms with Gasteiger partial charge in [0.1, 0.15) is 12.6 Å². The average molecular weight is 621 g/mol. The number of amides is 2. The van der Waals surface area contributed by atoms with Crippen LogP contribution in [0.3, 0.4) is 0 Å². The van der Waals surface area contributed by atoms with Crippen LogP contribution in [0.1, 0.15) is 32.8 Å². The van der Waals surface area contributed by atoms with E-state index in [1.807, 2.05) is 38.1 Å². The zero-order valence-electron chi connectivity index (χ0n) is 21.5. The van der Waals surface area contributed by atoms with Gasteiger partial charge in [-0.2, -0.15) is 0 Å². The van der Waals surface area contributed by atoms with Crippen LogP contribution in [0.2, 0.25) is 5.02 Å². The van der Waals surface area contributed by atoms with Crippen molar-refractivity contribution in [3.05, 3.63) is 93.9 Å². The van der Waals surface area contributed by atoms with E-state index in [1.54, 1.807) is 37.3 Å². The van der Waals surface area contributed by atoms with Crippen LogP contribution < -0.4 is 9.62 Å². The highest BCUT2D eigenvalue weighted by Crippen LogP contribution is 2.25. The minimum atomic E-state index is -4.13. The molecule has 1 N–H and O–H groups in total. The molecule has 0 radical (unpaired) electrons. The van der Waals surface area contributed by atoms with Crippen LogP contribution in [-0.2, 0) is 26.2 Å². The van der Waals surface area contributed by atoms with Gasteiger partial charge in [-0.25, -0.2) is 8.42 Å². The molecule has 7 nitrogen and oxygen atoms in total. The number of hydrogen-bond acceptors (Lipinski definition) is 4. The number of carbonyl (C=O) groups excluding carboxylic acids is 2. The molecule has 0 aromatic heterocycles. The maximum absolute atomic E-state index is 13.8. The standard InChI is InChI=1S/C28H31BrClN3O4S/c1-4-20(2)31-28(35)21(3)32(18-22-10-12-23(29)13-11-22)27(34)19-33(25-8-6-5-7-9-25)38(36,37)26-16-14-24(30)15-17-26/h5-17,20-21H,4,18-19H2,1-3H3,(H,31,35)/t20-,21+/m0/s1. The average Bonchev–Trinajstić information content (AvgIpc) is 2.91. The summed E-state index contributed by atoms with van der Waals surface area (Å²) in [7, 11) is -4.13. The van der Waals surface area contributed by atoms with Crippen LogP contribution in [0, 0.1) is 0 Å². The molecular weight excluding hydrogens is 590 g/mol. The molecule has 0 fully saturated rings. The van der Waals surface area contributed by atoms with Crippen molar-refractivity contribution in [3.63, 3.8) is 0 Å². The largest absolute Gasteiger partial charge is 0.352 e. The third-order valence-electron chi connectivity index (χ3n) is 6.16. The molecule has 0 saturated heterocycles. The topological polar surface area (TPSA) is 86.8 Å². The first-order valence-electron chi connectivity index (χ1n) is 12.2. The van der Waals surface area contributed by atoms with Crippen molar-refractivity contribution in [2.24, 2.45) is 0 Å². The van der Waals surface area contributed by atoms with Gasteiger partial charge < -0.3 is 10.2 Å². The zero-order valence-corrected chi connectivity index (χ0v) is 24.6. The van der Waals surface area contributed by atoms with E-state index in [1.165, 1.54) is 29.2 Å². The maximum atomic E-state index is 13.8. The Hall–Kier alpha value is -2.88. The van der Waals surface area contributed by atoms with Crippen molar-refractivity contribution in [2.75, 3.05) is 10.8 Å². The fourth-order valence-electron chi connectivity index (χ4n) is 3.69. The van der Waals surface area contributed by atoms with Gasteiger partial charge in [0.2, 0.25) is 11.8 Å². The van der Waals surface area contributed by atoms with E-state index in [9.17, 15) is 18.0 Å². The van der Waals surface area contributed by atoms with Gasteiger partial charge in [0.05, 0.1) is 10.6 Å². The van der Waals surface area contributed by atoms with E-state index in [4.69, 9.17) is 11.6 Å². The number of nitrogens with one attached hydrogen (secondary N) is 1. The van der Waals surface area contributed by atoms with Crippen LogP contribution in [-0.4, -0.2) is 43.8 Å². The number of rotatable bonds is 11. The number of benzene rings is 3. The fraction of sp³-hybridized carbons (Fsp3) is 0.286. The Morgan fingerprint density at radius 3 is 2.13 bits per heavy atom. The lowest BCUT2D eigenvalue weighted by molar-refractivity contribution is -0.139. The second kappa shape index (κ2) is 13.3. The van der Waals surface area contributed by atoms with Gasteiger partial charge in [-0.05, 0) is 74.4 Å². The van der Waals surface area contributed by atoms with Gasteiger partial charge in [-0.1, -0.05) is 64.8 Å². The summed E-state index contributed by atoms with van der Waals surface area (Å²) in [5, 5.41) is 3.32. The second-order valence-corrected chi connectivity index (χ2v) is 12.2. The number of sulfonamides is 1. The summed E-state index contributed by atoms with van der Waals surface area (Å²) in [6.07, 6.45) is 0.736. The van der Waals surface area contributed by atoms with E-state index >= 15 is 0 Å². The maximum Gasteiger partial charge on any atom is 0.264 e. The van der Waals surface area contributed by atoms with Crippen LogP contribution in [0.25, 0.3) is 0 Å². The molecular formula is C28H31BrClN3O4S. The number of nitrogens with zero attached hydrogens (tertiary/aromatic N) is 2. The lowest BCUT2D eigenvalue weighted by Crippen LogP contribution is -2.52. The Labute approximate surface area is 238 Å². The predicted octanol–water partition coefficient (Wildman–Crippen LogP) is 5.63. The summed E-state index contributed by atoms with van der Waals surface area (Å²) in [5.41, 5.74) is 1.13. The highest BCUT2D eigenvalue weighted by atomic mass is 79.9. The van der Waals surface area contributed by atoms with E-state index in [0.717, 1.165) is 20.8 Å². The second-order valence-electron chi connectivity index (χ2n) is 8.94. The van der Waals surface area contributed by atoms with Crippen molar-refractivity contribution < 1.29 is 18.0 Å². The van der Waals surface area contributed by atoms with Crippen molar-refractivity contribution in [3.8, 4) is 0 Å². The third kappa shape index (κ3) is 7.58.